The summed E-state index contributed by atoms with van der Waals surface area (Å²) in [6.45, 7) is 0. The van der Waals surface area contributed by atoms with Crippen molar-refractivity contribution in [2.24, 2.45) is 0 Å². The van der Waals surface area contributed by atoms with Gasteiger partial charge < -0.3 is 19.5 Å². The van der Waals surface area contributed by atoms with Crippen molar-refractivity contribution < 1.29 is 28.6 Å². The van der Waals surface area contributed by atoms with E-state index in [4.69, 9.17) is 4.74 Å². The van der Waals surface area contributed by atoms with Crippen LogP contribution in [0.2, 0.25) is 0 Å². The van der Waals surface area contributed by atoms with Gasteiger partial charge in [-0.15, -0.1) is 0 Å². The van der Waals surface area contributed by atoms with Crippen molar-refractivity contribution in [1.82, 2.24) is 5.32 Å². The van der Waals surface area contributed by atoms with Crippen LogP contribution in [-0.4, -0.2) is 44.8 Å². The van der Waals surface area contributed by atoms with Crippen LogP contribution in [0.1, 0.15) is 0 Å². The summed E-state index contributed by atoms with van der Waals surface area (Å²) in [5.41, 5.74) is -2.07. The Bertz CT molecular complexity index is 374. The van der Waals surface area contributed by atoms with Crippen LogP contribution in [0.25, 0.3) is 0 Å². The quantitative estimate of drug-likeness (QED) is 0.479. The van der Waals surface area contributed by atoms with Gasteiger partial charge in [-0.1, -0.05) is 0 Å². The number of carbonyl (C=O) groups excluding carboxylic acids is 3. The van der Waals surface area contributed by atoms with Gasteiger partial charge in [-0.3, -0.25) is 4.79 Å². The third-order valence-corrected chi connectivity index (χ3v) is 2.15. The molecule has 0 bridgehead atoms. The van der Waals surface area contributed by atoms with E-state index in [9.17, 15) is 14.4 Å². The van der Waals surface area contributed by atoms with Crippen LogP contribution in [0.5, 0.6) is 0 Å². The highest BCUT2D eigenvalue weighted by atomic mass is 16.6. The number of esters is 2. The maximum atomic E-state index is 11.6. The summed E-state index contributed by atoms with van der Waals surface area (Å²) < 4.78 is 13.7. The number of ether oxygens (including phenoxy) is 3. The van der Waals surface area contributed by atoms with Crippen LogP contribution in [0.4, 0.5) is 0 Å². The van der Waals surface area contributed by atoms with E-state index in [0.29, 0.717) is 0 Å². The molecule has 7 nitrogen and oxygen atoms in total. The highest BCUT2D eigenvalue weighted by Crippen LogP contribution is 2.23. The van der Waals surface area contributed by atoms with Crippen molar-refractivity contribution in [3.05, 3.63) is 11.8 Å². The van der Waals surface area contributed by atoms with E-state index in [1.807, 2.05) is 0 Å². The van der Waals surface area contributed by atoms with E-state index >= 15 is 0 Å². The molecule has 7 heteroatoms. The second-order valence-corrected chi connectivity index (χ2v) is 2.94. The Morgan fingerprint density at radius 3 is 2.31 bits per heavy atom. The number of hydrogen-bond donors (Lipinski definition) is 1. The van der Waals surface area contributed by atoms with Gasteiger partial charge in [0.05, 0.1) is 14.2 Å². The first-order valence-corrected chi connectivity index (χ1v) is 4.28. The van der Waals surface area contributed by atoms with E-state index < -0.39 is 23.4 Å². The third-order valence-electron chi connectivity index (χ3n) is 2.15. The largest absolute Gasteiger partial charge is 0.466 e. The Morgan fingerprint density at radius 1 is 1.25 bits per heavy atom. The molecule has 0 fully saturated rings. The zero-order valence-electron chi connectivity index (χ0n) is 9.03. The number of nitrogens with one attached hydrogen (secondary N) is 1. The van der Waals surface area contributed by atoms with E-state index in [1.165, 1.54) is 0 Å². The molecule has 1 atom stereocenters. The Kier molecular flexibility index (Phi) is 3.28. The van der Waals surface area contributed by atoms with E-state index in [-0.39, 0.29) is 5.70 Å². The third kappa shape index (κ3) is 1.65. The van der Waals surface area contributed by atoms with Gasteiger partial charge in [-0.2, -0.15) is 0 Å². The average Bonchev–Trinajstić information content (AvgIpc) is 2.65. The first kappa shape index (κ1) is 12.2. The second kappa shape index (κ2) is 4.31. The molecule has 0 saturated heterocycles. The summed E-state index contributed by atoms with van der Waals surface area (Å²) in [6.07, 6.45) is 1.03. The molecule has 1 aliphatic heterocycles. The van der Waals surface area contributed by atoms with Crippen molar-refractivity contribution >= 4 is 17.8 Å². The maximum Gasteiger partial charge on any atom is 0.354 e. The molecule has 1 rings (SSSR count). The molecule has 0 aromatic heterocycles. The van der Waals surface area contributed by atoms with Gasteiger partial charge in [0.25, 0.3) is 11.5 Å². The van der Waals surface area contributed by atoms with Gasteiger partial charge in [-0.25, -0.2) is 9.59 Å². The number of carbonyl (C=O) groups is 3. The molecule has 1 N–H and O–H groups in total. The van der Waals surface area contributed by atoms with E-state index in [2.05, 4.69) is 14.8 Å². The Hall–Kier alpha value is -1.89. The standard InChI is InChI=1S/C9H11NO6/c1-14-6(11)5-4-9(16-3,7(12)10-5)8(13)15-2/h4H,1-3H3,(H,10,12). The first-order valence-electron chi connectivity index (χ1n) is 4.28. The van der Waals surface area contributed by atoms with Crippen LogP contribution < -0.4 is 5.32 Å². The monoisotopic (exact) mass is 229 g/mol. The minimum atomic E-state index is -1.92. The molecule has 1 amide bonds. The normalized spacial score (nSPS) is 23.4. The molecule has 0 spiro atoms. The summed E-state index contributed by atoms with van der Waals surface area (Å²) in [7, 11) is 3.42. The summed E-state index contributed by atoms with van der Waals surface area (Å²) >= 11 is 0. The number of hydrogen-bond acceptors (Lipinski definition) is 6. The molecule has 16 heavy (non-hydrogen) atoms. The lowest BCUT2D eigenvalue weighted by Gasteiger charge is -2.18. The van der Waals surface area contributed by atoms with Crippen LogP contribution in [0, 0.1) is 0 Å². The van der Waals surface area contributed by atoms with Crippen molar-refractivity contribution in [2.45, 2.75) is 5.60 Å². The van der Waals surface area contributed by atoms with Crippen LogP contribution in [0.15, 0.2) is 11.8 Å². The average molecular weight is 229 g/mol. The lowest BCUT2D eigenvalue weighted by Crippen LogP contribution is -2.48. The Morgan fingerprint density at radius 2 is 1.88 bits per heavy atom. The fourth-order valence-electron chi connectivity index (χ4n) is 1.28. The lowest BCUT2D eigenvalue weighted by atomic mass is 10.1. The molecule has 0 saturated carbocycles. The summed E-state index contributed by atoms with van der Waals surface area (Å²) in [6, 6.07) is 0. The van der Waals surface area contributed by atoms with Gasteiger partial charge >= 0.3 is 11.9 Å². The molecule has 1 aliphatic rings. The van der Waals surface area contributed by atoms with E-state index in [1.54, 1.807) is 0 Å². The molecule has 0 aromatic rings. The van der Waals surface area contributed by atoms with Gasteiger partial charge in [0, 0.05) is 7.11 Å². The zero-order valence-corrected chi connectivity index (χ0v) is 9.03. The highest BCUT2D eigenvalue weighted by Gasteiger charge is 2.51. The number of methoxy groups -OCH3 is 3. The van der Waals surface area contributed by atoms with Crippen LogP contribution in [-0.2, 0) is 28.6 Å². The highest BCUT2D eigenvalue weighted by molar-refractivity contribution is 6.14. The molecule has 1 unspecified atom stereocenters. The molecule has 0 aromatic carbocycles. The van der Waals surface area contributed by atoms with Gasteiger partial charge in [0.15, 0.2) is 0 Å². The van der Waals surface area contributed by atoms with Crippen LogP contribution in [0.3, 0.4) is 0 Å². The Balaban J connectivity index is 3.12. The first-order chi connectivity index (χ1) is 7.51. The van der Waals surface area contributed by atoms with Gasteiger partial charge in [-0.05, 0) is 6.08 Å². The predicted octanol–water partition coefficient (Wildman–Crippen LogP) is -1.27. The fourth-order valence-corrected chi connectivity index (χ4v) is 1.28. The molecule has 88 valence electrons. The minimum Gasteiger partial charge on any atom is -0.466 e. The van der Waals surface area contributed by atoms with Crippen molar-refractivity contribution in [2.75, 3.05) is 21.3 Å². The smallest absolute Gasteiger partial charge is 0.354 e. The lowest BCUT2D eigenvalue weighted by molar-refractivity contribution is -0.165. The van der Waals surface area contributed by atoms with Gasteiger partial charge in [0.2, 0.25) is 0 Å². The number of amides is 1. The Labute approximate surface area is 91.3 Å². The molecule has 1 heterocycles. The van der Waals surface area contributed by atoms with Crippen molar-refractivity contribution in [3.8, 4) is 0 Å². The minimum absolute atomic E-state index is 0.153. The topological polar surface area (TPSA) is 90.9 Å². The predicted molar refractivity (Wildman–Crippen MR) is 50.0 cm³/mol. The van der Waals surface area contributed by atoms with Crippen molar-refractivity contribution in [3.63, 3.8) is 0 Å². The van der Waals surface area contributed by atoms with Crippen LogP contribution >= 0.6 is 0 Å². The molecule has 0 radical (unpaired) electrons. The maximum absolute atomic E-state index is 11.6. The molecule has 0 aliphatic carbocycles. The van der Waals surface area contributed by atoms with Crippen molar-refractivity contribution in [1.29, 1.82) is 0 Å². The zero-order chi connectivity index (χ0) is 12.3. The molecular formula is C9H11NO6. The van der Waals surface area contributed by atoms with E-state index in [0.717, 1.165) is 27.4 Å². The fraction of sp³-hybridized carbons (Fsp3) is 0.444. The number of rotatable bonds is 3. The van der Waals surface area contributed by atoms with Gasteiger partial charge in [0.1, 0.15) is 5.70 Å². The molecular weight excluding hydrogens is 218 g/mol. The summed E-state index contributed by atoms with van der Waals surface area (Å²) in [5, 5.41) is 2.18. The second-order valence-electron chi connectivity index (χ2n) is 2.94. The summed E-state index contributed by atoms with van der Waals surface area (Å²) in [5.74, 6) is -2.47. The summed E-state index contributed by atoms with van der Waals surface area (Å²) in [4.78, 5) is 34.2. The SMILES string of the molecule is COC(=O)C1=CC(OC)(C(=O)OC)C(=O)N1.